The second kappa shape index (κ2) is 6.02. The Balaban J connectivity index is 1.71. The molecule has 1 N–H and O–H groups in total. The Hall–Kier alpha value is -0.610. The molecule has 5 heteroatoms. The minimum absolute atomic E-state index is 0.173. The van der Waals surface area contributed by atoms with Crippen molar-refractivity contribution in [3.8, 4) is 0 Å². The number of halogens is 3. The first kappa shape index (κ1) is 14.3. The molecule has 0 saturated carbocycles. The maximum atomic E-state index is 13.1. The van der Waals surface area contributed by atoms with Crippen molar-refractivity contribution in [1.82, 2.24) is 5.32 Å². The molecular formula is C15H14Cl2FNS. The van der Waals surface area contributed by atoms with E-state index in [4.69, 9.17) is 23.2 Å². The van der Waals surface area contributed by atoms with Gasteiger partial charge in [-0.2, -0.15) is 0 Å². The largest absolute Gasteiger partial charge is 0.306 e. The molecule has 0 saturated heterocycles. The molecule has 20 heavy (non-hydrogen) atoms. The first-order valence-corrected chi connectivity index (χ1v) is 8.16. The Morgan fingerprint density at radius 3 is 2.95 bits per heavy atom. The lowest BCUT2D eigenvalue weighted by atomic mass is 9.94. The van der Waals surface area contributed by atoms with Crippen molar-refractivity contribution in [1.29, 1.82) is 0 Å². The van der Waals surface area contributed by atoms with Gasteiger partial charge in [0.25, 0.3) is 0 Å². The van der Waals surface area contributed by atoms with Crippen LogP contribution in [-0.4, -0.2) is 0 Å². The standard InChI is InChI=1S/C15H14Cl2FNS/c16-11-6-9(4-5-12(11)18)8-19-13-2-1-3-14-10(13)7-15(17)20-14/h4-7,13,19H,1-3,8H2. The second-order valence-corrected chi connectivity index (χ2v) is 7.18. The summed E-state index contributed by atoms with van der Waals surface area (Å²) in [4.78, 5) is 1.39. The third kappa shape index (κ3) is 3.01. The van der Waals surface area contributed by atoms with Gasteiger partial charge in [-0.3, -0.25) is 0 Å². The molecular weight excluding hydrogens is 316 g/mol. The van der Waals surface area contributed by atoms with Gasteiger partial charge >= 0.3 is 0 Å². The summed E-state index contributed by atoms with van der Waals surface area (Å²) in [6.07, 6.45) is 3.40. The molecule has 0 spiro atoms. The maximum Gasteiger partial charge on any atom is 0.141 e. The second-order valence-electron chi connectivity index (χ2n) is 5.00. The molecule has 1 aliphatic rings. The summed E-state index contributed by atoms with van der Waals surface area (Å²) in [5.41, 5.74) is 2.31. The Kier molecular flexibility index (Phi) is 4.32. The molecule has 1 atom stereocenters. The summed E-state index contributed by atoms with van der Waals surface area (Å²) >= 11 is 13.6. The van der Waals surface area contributed by atoms with E-state index in [9.17, 15) is 4.39 Å². The van der Waals surface area contributed by atoms with E-state index in [1.54, 1.807) is 23.5 Å². The summed E-state index contributed by atoms with van der Waals surface area (Å²) in [6.45, 7) is 0.678. The summed E-state index contributed by atoms with van der Waals surface area (Å²) < 4.78 is 14.0. The van der Waals surface area contributed by atoms with Crippen LogP contribution >= 0.6 is 34.5 Å². The van der Waals surface area contributed by atoms with Gasteiger partial charge in [-0.25, -0.2) is 4.39 Å². The minimum atomic E-state index is -0.375. The Morgan fingerprint density at radius 2 is 2.15 bits per heavy atom. The van der Waals surface area contributed by atoms with Crippen molar-refractivity contribution in [2.24, 2.45) is 0 Å². The third-order valence-corrected chi connectivity index (χ3v) is 5.25. The zero-order chi connectivity index (χ0) is 14.1. The van der Waals surface area contributed by atoms with Gasteiger partial charge in [0, 0.05) is 17.5 Å². The van der Waals surface area contributed by atoms with E-state index < -0.39 is 0 Å². The Labute approximate surface area is 131 Å². The smallest absolute Gasteiger partial charge is 0.141 e. The molecule has 2 aromatic rings. The fraction of sp³-hybridized carbons (Fsp3) is 0.333. The van der Waals surface area contributed by atoms with E-state index in [0.29, 0.717) is 12.6 Å². The van der Waals surface area contributed by atoms with Crippen LogP contribution in [0.5, 0.6) is 0 Å². The van der Waals surface area contributed by atoms with E-state index >= 15 is 0 Å². The molecule has 1 aliphatic carbocycles. The van der Waals surface area contributed by atoms with E-state index in [1.807, 2.05) is 0 Å². The molecule has 1 aromatic carbocycles. The molecule has 1 heterocycles. The summed E-state index contributed by atoms with van der Waals surface area (Å²) in [5.74, 6) is -0.375. The van der Waals surface area contributed by atoms with Crippen LogP contribution in [0.1, 0.15) is 34.9 Å². The highest BCUT2D eigenvalue weighted by Crippen LogP contribution is 2.37. The van der Waals surface area contributed by atoms with Gasteiger partial charge in [-0.05, 0) is 48.6 Å². The van der Waals surface area contributed by atoms with Crippen LogP contribution in [0.4, 0.5) is 4.39 Å². The van der Waals surface area contributed by atoms with Gasteiger partial charge in [0.15, 0.2) is 0 Å². The van der Waals surface area contributed by atoms with Gasteiger partial charge < -0.3 is 5.32 Å². The highest BCUT2D eigenvalue weighted by Gasteiger charge is 2.22. The molecule has 3 rings (SSSR count). The van der Waals surface area contributed by atoms with Gasteiger partial charge in [0.1, 0.15) is 5.82 Å². The molecule has 1 aromatic heterocycles. The Bertz CT molecular complexity index is 626. The molecule has 106 valence electrons. The molecule has 0 radical (unpaired) electrons. The van der Waals surface area contributed by atoms with Crippen LogP contribution in [0.2, 0.25) is 9.36 Å². The predicted octanol–water partition coefficient (Wildman–Crippen LogP) is 5.36. The maximum absolute atomic E-state index is 13.1. The lowest BCUT2D eigenvalue weighted by Crippen LogP contribution is -2.23. The number of thiophene rings is 1. The average molecular weight is 330 g/mol. The quantitative estimate of drug-likeness (QED) is 0.799. The number of hydrogen-bond donors (Lipinski definition) is 1. The molecule has 0 fully saturated rings. The first-order chi connectivity index (χ1) is 9.63. The van der Waals surface area contributed by atoms with Crippen molar-refractivity contribution in [3.63, 3.8) is 0 Å². The molecule has 0 amide bonds. The van der Waals surface area contributed by atoms with E-state index in [2.05, 4.69) is 11.4 Å². The molecule has 1 nitrogen and oxygen atoms in total. The third-order valence-electron chi connectivity index (χ3n) is 3.62. The van der Waals surface area contributed by atoms with Crippen molar-refractivity contribution >= 4 is 34.5 Å². The van der Waals surface area contributed by atoms with Crippen molar-refractivity contribution in [3.05, 3.63) is 55.4 Å². The van der Waals surface area contributed by atoms with E-state index in [-0.39, 0.29) is 10.8 Å². The highest BCUT2D eigenvalue weighted by atomic mass is 35.5. The lowest BCUT2D eigenvalue weighted by Gasteiger charge is -2.23. The van der Waals surface area contributed by atoms with Gasteiger partial charge in [-0.15, -0.1) is 11.3 Å². The first-order valence-electron chi connectivity index (χ1n) is 6.59. The zero-order valence-electron chi connectivity index (χ0n) is 10.8. The van der Waals surface area contributed by atoms with Crippen molar-refractivity contribution < 1.29 is 4.39 Å². The number of aryl methyl sites for hydroxylation is 1. The molecule has 0 bridgehead atoms. The Morgan fingerprint density at radius 1 is 1.30 bits per heavy atom. The SMILES string of the molecule is Fc1ccc(CNC2CCCc3sc(Cl)cc32)cc1Cl. The average Bonchev–Trinajstić information content (AvgIpc) is 2.81. The highest BCUT2D eigenvalue weighted by molar-refractivity contribution is 7.16. The minimum Gasteiger partial charge on any atom is -0.306 e. The molecule has 1 unspecified atom stereocenters. The van der Waals surface area contributed by atoms with Crippen LogP contribution in [0.25, 0.3) is 0 Å². The van der Waals surface area contributed by atoms with Crippen LogP contribution in [0, 0.1) is 5.82 Å². The summed E-state index contributed by atoms with van der Waals surface area (Å²) in [6, 6.07) is 7.24. The fourth-order valence-electron chi connectivity index (χ4n) is 2.62. The van der Waals surface area contributed by atoms with Crippen LogP contribution in [0.15, 0.2) is 24.3 Å². The van der Waals surface area contributed by atoms with Gasteiger partial charge in [-0.1, -0.05) is 29.3 Å². The van der Waals surface area contributed by atoms with Crippen LogP contribution in [-0.2, 0) is 13.0 Å². The van der Waals surface area contributed by atoms with Crippen LogP contribution in [0.3, 0.4) is 0 Å². The van der Waals surface area contributed by atoms with E-state index in [0.717, 1.165) is 22.7 Å². The number of hydrogen-bond acceptors (Lipinski definition) is 2. The summed E-state index contributed by atoms with van der Waals surface area (Å²) in [5, 5.41) is 3.69. The fourth-order valence-corrected chi connectivity index (χ4v) is 4.21. The number of rotatable bonds is 3. The topological polar surface area (TPSA) is 12.0 Å². The van der Waals surface area contributed by atoms with Gasteiger partial charge in [0.05, 0.1) is 9.36 Å². The molecule has 0 aliphatic heterocycles. The zero-order valence-corrected chi connectivity index (χ0v) is 13.1. The summed E-state index contributed by atoms with van der Waals surface area (Å²) in [7, 11) is 0. The van der Waals surface area contributed by atoms with Crippen molar-refractivity contribution in [2.75, 3.05) is 0 Å². The van der Waals surface area contributed by atoms with Crippen molar-refractivity contribution in [2.45, 2.75) is 31.8 Å². The van der Waals surface area contributed by atoms with Crippen LogP contribution < -0.4 is 5.32 Å². The monoisotopic (exact) mass is 329 g/mol. The van der Waals surface area contributed by atoms with Gasteiger partial charge in [0.2, 0.25) is 0 Å². The lowest BCUT2D eigenvalue weighted by molar-refractivity contribution is 0.463. The number of nitrogens with one attached hydrogen (secondary N) is 1. The number of benzene rings is 1. The predicted molar refractivity (Wildman–Crippen MR) is 83.3 cm³/mol. The van der Waals surface area contributed by atoms with E-state index in [1.165, 1.54) is 22.9 Å². The number of fused-ring (bicyclic) bond motifs is 1. The normalized spacial score (nSPS) is 18.1.